The van der Waals surface area contributed by atoms with Crippen LogP contribution in [0, 0.1) is 6.92 Å². The molecule has 3 aromatic rings. The summed E-state index contributed by atoms with van der Waals surface area (Å²) in [5.41, 5.74) is 2.23. The zero-order valence-electron chi connectivity index (χ0n) is 15.8. The topological polar surface area (TPSA) is 95.3 Å². The van der Waals surface area contributed by atoms with Gasteiger partial charge in [0.25, 0.3) is 5.91 Å². The molecule has 28 heavy (non-hydrogen) atoms. The van der Waals surface area contributed by atoms with Gasteiger partial charge < -0.3 is 14.8 Å². The van der Waals surface area contributed by atoms with Crippen LogP contribution in [-0.4, -0.2) is 40.6 Å². The van der Waals surface area contributed by atoms with Gasteiger partial charge in [-0.05, 0) is 44.2 Å². The number of amides is 1. The zero-order valence-corrected chi connectivity index (χ0v) is 15.8. The summed E-state index contributed by atoms with van der Waals surface area (Å²) < 4.78 is 11.9. The third kappa shape index (κ3) is 3.85. The number of benzene rings is 2. The molecule has 1 aromatic heterocycles. The van der Waals surface area contributed by atoms with E-state index in [9.17, 15) is 9.59 Å². The average molecular weight is 380 g/mol. The van der Waals surface area contributed by atoms with E-state index in [-0.39, 0.29) is 12.3 Å². The summed E-state index contributed by atoms with van der Waals surface area (Å²) in [5, 5.41) is 10.8. The number of methoxy groups -OCH3 is 1. The third-order valence-corrected chi connectivity index (χ3v) is 4.05. The number of para-hydroxylation sites is 2. The van der Waals surface area contributed by atoms with Crippen LogP contribution in [0.4, 0.5) is 5.69 Å². The van der Waals surface area contributed by atoms with Crippen LogP contribution in [0.2, 0.25) is 0 Å². The predicted molar refractivity (Wildman–Crippen MR) is 103 cm³/mol. The van der Waals surface area contributed by atoms with E-state index >= 15 is 0 Å². The molecule has 8 heteroatoms. The zero-order chi connectivity index (χ0) is 20.1. The molecule has 0 aliphatic rings. The van der Waals surface area contributed by atoms with Crippen LogP contribution in [-0.2, 0) is 4.74 Å². The lowest BCUT2D eigenvalue weighted by Crippen LogP contribution is -2.15. The number of nitrogens with one attached hydrogen (secondary N) is 1. The monoisotopic (exact) mass is 380 g/mol. The molecule has 0 aliphatic carbocycles. The van der Waals surface area contributed by atoms with E-state index in [1.807, 2.05) is 18.2 Å². The van der Waals surface area contributed by atoms with Crippen LogP contribution in [0.5, 0.6) is 5.75 Å². The molecule has 0 spiro atoms. The van der Waals surface area contributed by atoms with E-state index in [0.717, 1.165) is 0 Å². The molecular formula is C20H20N4O4. The number of hydrogen-bond acceptors (Lipinski definition) is 6. The number of nitrogens with zero attached hydrogens (tertiary/aromatic N) is 3. The maximum atomic E-state index is 12.7. The number of rotatable bonds is 6. The van der Waals surface area contributed by atoms with Gasteiger partial charge in [0.2, 0.25) is 0 Å². The molecule has 0 fully saturated rings. The highest BCUT2D eigenvalue weighted by molar-refractivity contribution is 6.04. The summed E-state index contributed by atoms with van der Waals surface area (Å²) in [6.45, 7) is 3.76. The van der Waals surface area contributed by atoms with E-state index < -0.39 is 11.9 Å². The Bertz CT molecular complexity index is 1010. The number of esters is 1. The molecule has 2 aromatic carbocycles. The Morgan fingerprint density at radius 2 is 1.93 bits per heavy atom. The van der Waals surface area contributed by atoms with Crippen LogP contribution in [0.1, 0.15) is 33.5 Å². The summed E-state index contributed by atoms with van der Waals surface area (Å²) in [4.78, 5) is 24.5. The number of hydrogen-bond donors (Lipinski definition) is 1. The predicted octanol–water partition coefficient (Wildman–Crippen LogP) is 3.01. The van der Waals surface area contributed by atoms with Crippen LogP contribution in [0.25, 0.3) is 5.69 Å². The van der Waals surface area contributed by atoms with Gasteiger partial charge >= 0.3 is 5.97 Å². The fraction of sp³-hybridized carbons (Fsp3) is 0.200. The number of carbonyl (C=O) groups is 2. The molecule has 3 rings (SSSR count). The fourth-order valence-electron chi connectivity index (χ4n) is 2.70. The van der Waals surface area contributed by atoms with Gasteiger partial charge in [0, 0.05) is 5.69 Å². The minimum Gasteiger partial charge on any atom is -0.494 e. The third-order valence-electron chi connectivity index (χ3n) is 4.05. The first-order valence-electron chi connectivity index (χ1n) is 8.69. The normalized spacial score (nSPS) is 10.4. The molecule has 144 valence electrons. The van der Waals surface area contributed by atoms with Gasteiger partial charge in [0.15, 0.2) is 5.69 Å². The fourth-order valence-corrected chi connectivity index (χ4v) is 2.70. The molecule has 0 aliphatic heterocycles. The minimum atomic E-state index is -0.447. The average Bonchev–Trinajstić information content (AvgIpc) is 3.09. The van der Waals surface area contributed by atoms with Crippen LogP contribution in [0.15, 0.2) is 48.5 Å². The van der Waals surface area contributed by atoms with Crippen molar-refractivity contribution < 1.29 is 19.1 Å². The molecule has 1 heterocycles. The summed E-state index contributed by atoms with van der Waals surface area (Å²) in [6.07, 6.45) is 0. The minimum absolute atomic E-state index is 0.174. The summed E-state index contributed by atoms with van der Waals surface area (Å²) >= 11 is 0. The van der Waals surface area contributed by atoms with Gasteiger partial charge in [-0.15, -0.1) is 5.10 Å². The van der Waals surface area contributed by atoms with Gasteiger partial charge in [-0.1, -0.05) is 23.4 Å². The Morgan fingerprint density at radius 3 is 2.68 bits per heavy atom. The SMILES string of the molecule is CCOC(=O)c1cccc(NC(=O)c2nnn(-c3ccccc3OC)c2C)c1. The van der Waals surface area contributed by atoms with Crippen molar-refractivity contribution in [2.75, 3.05) is 19.0 Å². The first-order chi connectivity index (χ1) is 13.5. The van der Waals surface area contributed by atoms with Crippen molar-refractivity contribution in [3.63, 3.8) is 0 Å². The lowest BCUT2D eigenvalue weighted by molar-refractivity contribution is 0.0526. The van der Waals surface area contributed by atoms with Crippen molar-refractivity contribution in [2.24, 2.45) is 0 Å². The number of aromatic nitrogens is 3. The molecule has 0 unspecified atom stereocenters. The largest absolute Gasteiger partial charge is 0.494 e. The van der Waals surface area contributed by atoms with Crippen molar-refractivity contribution in [2.45, 2.75) is 13.8 Å². The highest BCUT2D eigenvalue weighted by Crippen LogP contribution is 2.23. The molecule has 1 amide bonds. The van der Waals surface area contributed by atoms with Crippen molar-refractivity contribution in [1.82, 2.24) is 15.0 Å². The second-order valence-electron chi connectivity index (χ2n) is 5.86. The Labute approximate surface area is 162 Å². The second kappa shape index (κ2) is 8.34. The Morgan fingerprint density at radius 1 is 1.14 bits per heavy atom. The Balaban J connectivity index is 1.84. The van der Waals surface area contributed by atoms with Gasteiger partial charge in [0.05, 0.1) is 25.0 Å². The van der Waals surface area contributed by atoms with E-state index in [1.54, 1.807) is 56.0 Å². The van der Waals surface area contributed by atoms with E-state index in [4.69, 9.17) is 9.47 Å². The maximum Gasteiger partial charge on any atom is 0.338 e. The van der Waals surface area contributed by atoms with Gasteiger partial charge in [0.1, 0.15) is 11.4 Å². The van der Waals surface area contributed by atoms with Crippen molar-refractivity contribution in [3.8, 4) is 11.4 Å². The van der Waals surface area contributed by atoms with E-state index in [0.29, 0.717) is 28.4 Å². The molecule has 0 bridgehead atoms. The van der Waals surface area contributed by atoms with E-state index in [1.165, 1.54) is 0 Å². The van der Waals surface area contributed by atoms with Gasteiger partial charge in [-0.3, -0.25) is 4.79 Å². The first-order valence-corrected chi connectivity index (χ1v) is 8.69. The molecule has 0 saturated carbocycles. The smallest absolute Gasteiger partial charge is 0.338 e. The molecule has 0 saturated heterocycles. The number of anilines is 1. The van der Waals surface area contributed by atoms with Crippen molar-refractivity contribution >= 4 is 17.6 Å². The Kier molecular flexibility index (Phi) is 5.69. The van der Waals surface area contributed by atoms with Crippen LogP contribution in [0.3, 0.4) is 0 Å². The molecular weight excluding hydrogens is 360 g/mol. The highest BCUT2D eigenvalue weighted by atomic mass is 16.5. The lowest BCUT2D eigenvalue weighted by Gasteiger charge is -2.09. The highest BCUT2D eigenvalue weighted by Gasteiger charge is 2.19. The van der Waals surface area contributed by atoms with Gasteiger partial charge in [-0.25, -0.2) is 9.48 Å². The second-order valence-corrected chi connectivity index (χ2v) is 5.86. The lowest BCUT2D eigenvalue weighted by atomic mass is 10.2. The quantitative estimate of drug-likeness (QED) is 0.661. The summed E-state index contributed by atoms with van der Waals surface area (Å²) in [7, 11) is 1.56. The molecule has 0 radical (unpaired) electrons. The standard InChI is InChI=1S/C20H20N4O4/c1-4-28-20(26)14-8-7-9-15(12-14)21-19(25)18-13(2)24(23-22-18)16-10-5-6-11-17(16)27-3/h5-12H,4H2,1-3H3,(H,21,25). The first kappa shape index (κ1) is 19.1. The Hall–Kier alpha value is -3.68. The molecule has 8 nitrogen and oxygen atoms in total. The van der Waals surface area contributed by atoms with E-state index in [2.05, 4.69) is 15.6 Å². The maximum absolute atomic E-state index is 12.7. The number of ether oxygens (including phenoxy) is 2. The summed E-state index contributed by atoms with van der Waals surface area (Å²) in [6, 6.07) is 13.8. The molecule has 1 N–H and O–H groups in total. The molecule has 0 atom stereocenters. The van der Waals surface area contributed by atoms with Crippen molar-refractivity contribution in [3.05, 3.63) is 65.5 Å². The number of carbonyl (C=O) groups excluding carboxylic acids is 2. The van der Waals surface area contributed by atoms with Gasteiger partial charge in [-0.2, -0.15) is 0 Å². The van der Waals surface area contributed by atoms with Crippen LogP contribution >= 0.6 is 0 Å². The van der Waals surface area contributed by atoms with Crippen molar-refractivity contribution in [1.29, 1.82) is 0 Å². The summed E-state index contributed by atoms with van der Waals surface area (Å²) in [5.74, 6) is -0.263. The van der Waals surface area contributed by atoms with Crippen LogP contribution < -0.4 is 10.1 Å².